The molecule has 2 heterocycles. The number of amides is 1. The van der Waals surface area contributed by atoms with Crippen LogP contribution < -0.4 is 10.6 Å². The quantitative estimate of drug-likeness (QED) is 0.548. The van der Waals surface area contributed by atoms with Gasteiger partial charge in [-0.15, -0.1) is 21.5 Å². The van der Waals surface area contributed by atoms with Crippen molar-refractivity contribution in [3.63, 3.8) is 0 Å². The van der Waals surface area contributed by atoms with Gasteiger partial charge in [0, 0.05) is 11.4 Å². The van der Waals surface area contributed by atoms with E-state index in [2.05, 4.69) is 20.8 Å². The maximum absolute atomic E-state index is 12.9. The van der Waals surface area contributed by atoms with Crippen LogP contribution in [0, 0.1) is 5.82 Å². The molecule has 0 bridgehead atoms. The number of carbonyl (C=O) groups excluding carboxylic acids is 1. The molecule has 1 amide bonds. The zero-order valence-electron chi connectivity index (χ0n) is 13.9. The minimum absolute atomic E-state index is 0.0283. The highest BCUT2D eigenvalue weighted by atomic mass is 32.2. The second-order valence-corrected chi connectivity index (χ2v) is 9.01. The summed E-state index contributed by atoms with van der Waals surface area (Å²) in [6.45, 7) is 2.93. The summed E-state index contributed by atoms with van der Waals surface area (Å²) in [5.41, 5.74) is 0.956. The average Bonchev–Trinajstić information content (AvgIpc) is 3.31. The molecule has 3 aromatic rings. The predicted octanol–water partition coefficient (Wildman–Crippen LogP) is 4.15. The van der Waals surface area contributed by atoms with Crippen molar-refractivity contribution >= 4 is 45.5 Å². The Morgan fingerprint density at radius 1 is 1.23 bits per heavy atom. The monoisotopic (exact) mass is 408 g/mol. The van der Waals surface area contributed by atoms with Crippen LogP contribution in [-0.4, -0.2) is 21.4 Å². The Bertz CT molecular complexity index is 836. The first-order valence-corrected chi connectivity index (χ1v) is 10.5. The average molecular weight is 409 g/mol. The first-order chi connectivity index (χ1) is 12.6. The van der Waals surface area contributed by atoms with E-state index in [9.17, 15) is 9.18 Å². The van der Waals surface area contributed by atoms with Crippen LogP contribution in [0.15, 0.2) is 46.1 Å². The van der Waals surface area contributed by atoms with Crippen molar-refractivity contribution in [2.45, 2.75) is 29.6 Å². The molecule has 3 rings (SSSR count). The van der Waals surface area contributed by atoms with Gasteiger partial charge in [0.15, 0.2) is 4.34 Å². The molecule has 0 saturated heterocycles. The third-order valence-corrected chi connectivity index (χ3v) is 6.37. The lowest BCUT2D eigenvalue weighted by atomic mass is 10.2. The zero-order chi connectivity index (χ0) is 18.4. The van der Waals surface area contributed by atoms with E-state index in [1.54, 1.807) is 23.5 Å². The summed E-state index contributed by atoms with van der Waals surface area (Å²) in [7, 11) is 0. The highest BCUT2D eigenvalue weighted by molar-refractivity contribution is 8.02. The lowest BCUT2D eigenvalue weighted by Gasteiger charge is -2.09. The summed E-state index contributed by atoms with van der Waals surface area (Å²) in [5.74, 6) is -0.283. The highest BCUT2D eigenvalue weighted by Gasteiger charge is 2.17. The van der Waals surface area contributed by atoms with Gasteiger partial charge in [-0.1, -0.05) is 41.3 Å². The molecule has 5 nitrogen and oxygen atoms in total. The second-order valence-electron chi connectivity index (χ2n) is 5.41. The molecule has 0 fully saturated rings. The molecule has 1 unspecified atom stereocenters. The van der Waals surface area contributed by atoms with Crippen molar-refractivity contribution in [3.05, 3.63) is 58.0 Å². The van der Waals surface area contributed by atoms with Gasteiger partial charge in [-0.25, -0.2) is 4.39 Å². The summed E-state index contributed by atoms with van der Waals surface area (Å²) >= 11 is 4.39. The fourth-order valence-corrected chi connectivity index (χ4v) is 4.61. The molecule has 0 aliphatic rings. The minimum atomic E-state index is -0.257. The molecule has 0 aliphatic carbocycles. The van der Waals surface area contributed by atoms with E-state index < -0.39 is 0 Å². The van der Waals surface area contributed by atoms with Gasteiger partial charge >= 0.3 is 0 Å². The van der Waals surface area contributed by atoms with Crippen molar-refractivity contribution in [2.75, 3.05) is 5.32 Å². The molecular formula is C17H17FN4OS3. The van der Waals surface area contributed by atoms with Gasteiger partial charge in [0.1, 0.15) is 5.82 Å². The Morgan fingerprint density at radius 3 is 2.77 bits per heavy atom. The molecule has 2 N–H and O–H groups in total. The Labute approximate surface area is 163 Å². The maximum atomic E-state index is 12.9. The van der Waals surface area contributed by atoms with Crippen LogP contribution in [0.2, 0.25) is 0 Å². The van der Waals surface area contributed by atoms with Gasteiger partial charge in [-0.2, -0.15) is 0 Å². The third-order valence-electron chi connectivity index (χ3n) is 3.43. The number of hydrogen-bond donors (Lipinski definition) is 2. The molecular weight excluding hydrogens is 391 g/mol. The molecule has 136 valence electrons. The number of benzene rings is 1. The van der Waals surface area contributed by atoms with Crippen LogP contribution >= 0.6 is 34.4 Å². The molecule has 0 saturated carbocycles. The Balaban J connectivity index is 1.46. The number of rotatable bonds is 8. The molecule has 0 spiro atoms. The minimum Gasteiger partial charge on any atom is -0.356 e. The van der Waals surface area contributed by atoms with E-state index in [0.717, 1.165) is 14.8 Å². The molecule has 0 radical (unpaired) electrons. The number of thioether (sulfide) groups is 1. The number of thiophene rings is 1. The van der Waals surface area contributed by atoms with Gasteiger partial charge in [0.25, 0.3) is 0 Å². The van der Waals surface area contributed by atoms with Crippen LogP contribution in [0.3, 0.4) is 0 Å². The Kier molecular flexibility index (Phi) is 6.59. The summed E-state index contributed by atoms with van der Waals surface area (Å²) in [5, 5.41) is 16.7. The molecule has 9 heteroatoms. The molecule has 0 aliphatic heterocycles. The largest absolute Gasteiger partial charge is 0.356 e. The van der Waals surface area contributed by atoms with Gasteiger partial charge in [-0.05, 0) is 36.1 Å². The fourth-order valence-electron chi connectivity index (χ4n) is 2.04. The van der Waals surface area contributed by atoms with Crippen molar-refractivity contribution in [3.8, 4) is 0 Å². The molecule has 1 atom stereocenters. The molecule has 26 heavy (non-hydrogen) atoms. The van der Waals surface area contributed by atoms with Crippen molar-refractivity contribution in [1.29, 1.82) is 0 Å². The fraction of sp³-hybridized carbons (Fsp3) is 0.235. The van der Waals surface area contributed by atoms with E-state index >= 15 is 0 Å². The number of nitrogens with zero attached hydrogens (tertiary/aromatic N) is 2. The third kappa shape index (κ3) is 5.52. The number of aromatic nitrogens is 2. The first-order valence-electron chi connectivity index (χ1n) is 7.89. The van der Waals surface area contributed by atoms with Crippen LogP contribution in [0.5, 0.6) is 0 Å². The van der Waals surface area contributed by atoms with Crippen LogP contribution in [0.1, 0.15) is 17.4 Å². The van der Waals surface area contributed by atoms with Gasteiger partial charge in [0.2, 0.25) is 11.0 Å². The zero-order valence-corrected chi connectivity index (χ0v) is 16.4. The van der Waals surface area contributed by atoms with Crippen LogP contribution in [0.25, 0.3) is 0 Å². The van der Waals surface area contributed by atoms with Crippen molar-refractivity contribution in [1.82, 2.24) is 15.5 Å². The van der Waals surface area contributed by atoms with Crippen LogP contribution in [-0.2, 0) is 17.9 Å². The summed E-state index contributed by atoms with van der Waals surface area (Å²) < 4.78 is 13.6. The standard InChI is InChI=1S/C17H17FN4OS3/c1-11(15(23)19-10-14-3-2-8-24-14)25-17-22-21-16(26-17)20-9-12-4-6-13(18)7-5-12/h2-8,11H,9-10H2,1H3,(H,19,23)(H,20,21). The number of halogens is 1. The van der Waals surface area contributed by atoms with E-state index in [1.165, 1.54) is 35.2 Å². The van der Waals surface area contributed by atoms with Crippen LogP contribution in [0.4, 0.5) is 9.52 Å². The second kappa shape index (κ2) is 9.11. The van der Waals surface area contributed by atoms with Crippen molar-refractivity contribution in [2.24, 2.45) is 0 Å². The Morgan fingerprint density at radius 2 is 2.04 bits per heavy atom. The van der Waals surface area contributed by atoms with E-state index in [-0.39, 0.29) is 17.0 Å². The molecule has 2 aromatic heterocycles. The van der Waals surface area contributed by atoms with Crippen molar-refractivity contribution < 1.29 is 9.18 Å². The number of anilines is 1. The summed E-state index contributed by atoms with van der Waals surface area (Å²) in [6.07, 6.45) is 0. The van der Waals surface area contributed by atoms with E-state index in [1.807, 2.05) is 24.4 Å². The maximum Gasteiger partial charge on any atom is 0.233 e. The van der Waals surface area contributed by atoms with E-state index in [4.69, 9.17) is 0 Å². The number of nitrogens with one attached hydrogen (secondary N) is 2. The lowest BCUT2D eigenvalue weighted by Crippen LogP contribution is -2.30. The Hall–Kier alpha value is -1.97. The topological polar surface area (TPSA) is 66.9 Å². The number of hydrogen-bond acceptors (Lipinski definition) is 7. The van der Waals surface area contributed by atoms with Gasteiger partial charge in [-0.3, -0.25) is 4.79 Å². The SMILES string of the molecule is CC(Sc1nnc(NCc2ccc(F)cc2)s1)C(=O)NCc1cccs1. The number of carbonyl (C=O) groups is 1. The smallest absolute Gasteiger partial charge is 0.233 e. The first kappa shape index (κ1) is 18.8. The summed E-state index contributed by atoms with van der Waals surface area (Å²) in [4.78, 5) is 13.3. The van der Waals surface area contributed by atoms with Gasteiger partial charge in [0.05, 0.1) is 11.8 Å². The highest BCUT2D eigenvalue weighted by Crippen LogP contribution is 2.29. The normalized spacial score (nSPS) is 11.9. The van der Waals surface area contributed by atoms with Gasteiger partial charge < -0.3 is 10.6 Å². The predicted molar refractivity (Wildman–Crippen MR) is 105 cm³/mol. The van der Waals surface area contributed by atoms with E-state index in [0.29, 0.717) is 18.2 Å². The lowest BCUT2D eigenvalue weighted by molar-refractivity contribution is -0.120. The summed E-state index contributed by atoms with van der Waals surface area (Å²) in [6, 6.07) is 10.3. The molecule has 1 aromatic carbocycles.